The highest BCUT2D eigenvalue weighted by Crippen LogP contribution is 2.26. The first-order valence-corrected chi connectivity index (χ1v) is 7.84. The van der Waals surface area contributed by atoms with Gasteiger partial charge in [-0.05, 0) is 37.8 Å². The second kappa shape index (κ2) is 8.17. The van der Waals surface area contributed by atoms with Gasteiger partial charge in [0.25, 0.3) is 0 Å². The second-order valence-corrected chi connectivity index (χ2v) is 5.49. The minimum atomic E-state index is -0.281. The Morgan fingerprint density at radius 3 is 2.65 bits per heavy atom. The van der Waals surface area contributed by atoms with Crippen LogP contribution in [0.2, 0.25) is 0 Å². The van der Waals surface area contributed by atoms with Gasteiger partial charge in [0.2, 0.25) is 0 Å². The maximum absolute atomic E-state index is 13.4. The van der Waals surface area contributed by atoms with Crippen LogP contribution in [0.25, 0.3) is 0 Å². The van der Waals surface area contributed by atoms with Gasteiger partial charge in [0, 0.05) is 18.4 Å². The normalized spacial score (nSPS) is 16.1. The summed E-state index contributed by atoms with van der Waals surface area (Å²) in [7, 11) is 0. The molecule has 1 aliphatic carbocycles. The van der Waals surface area contributed by atoms with E-state index in [0.29, 0.717) is 18.1 Å². The molecular weight excluding hydrogens is 275 g/mol. The Morgan fingerprint density at radius 1 is 1.20 bits per heavy atom. The molecule has 1 aromatic carbocycles. The molecule has 2 rings (SSSR count). The molecule has 0 heterocycles. The molecule has 0 aromatic heterocycles. The van der Waals surface area contributed by atoms with E-state index in [0.717, 1.165) is 18.4 Å². The first-order chi connectivity index (χ1) is 9.79. The lowest BCUT2D eigenvalue weighted by Gasteiger charge is -2.18. The summed E-state index contributed by atoms with van der Waals surface area (Å²) >= 11 is 5.61. The molecule has 0 unspecified atom stereocenters. The van der Waals surface area contributed by atoms with E-state index in [2.05, 4.69) is 11.8 Å². The topological polar surface area (TPSA) is 9.23 Å². The molecular formula is C17H20ClFO. The maximum atomic E-state index is 13.4. The summed E-state index contributed by atoms with van der Waals surface area (Å²) in [4.78, 5) is 0. The third-order valence-corrected chi connectivity index (χ3v) is 3.67. The number of hydrogen-bond donors (Lipinski definition) is 0. The van der Waals surface area contributed by atoms with Crippen LogP contribution >= 0.6 is 11.6 Å². The predicted molar refractivity (Wildman–Crippen MR) is 80.7 cm³/mol. The molecule has 1 aliphatic rings. The molecule has 0 atom stereocenters. The van der Waals surface area contributed by atoms with Gasteiger partial charge in [-0.25, -0.2) is 4.39 Å². The zero-order valence-electron chi connectivity index (χ0n) is 11.6. The van der Waals surface area contributed by atoms with Gasteiger partial charge in [-0.15, -0.1) is 11.6 Å². The molecule has 0 saturated heterocycles. The van der Waals surface area contributed by atoms with Crippen LogP contribution in [0.15, 0.2) is 18.2 Å². The zero-order valence-corrected chi connectivity index (χ0v) is 12.4. The van der Waals surface area contributed by atoms with E-state index < -0.39 is 0 Å². The van der Waals surface area contributed by atoms with Crippen LogP contribution in [0.1, 0.15) is 50.5 Å². The summed E-state index contributed by atoms with van der Waals surface area (Å²) in [6, 6.07) is 4.54. The first-order valence-electron chi connectivity index (χ1n) is 7.30. The van der Waals surface area contributed by atoms with Gasteiger partial charge in [0.1, 0.15) is 11.6 Å². The molecule has 1 saturated carbocycles. The molecule has 108 valence electrons. The van der Waals surface area contributed by atoms with Gasteiger partial charge in [-0.1, -0.05) is 24.7 Å². The van der Waals surface area contributed by atoms with E-state index in [9.17, 15) is 4.39 Å². The third-order valence-electron chi connectivity index (χ3n) is 3.48. The van der Waals surface area contributed by atoms with E-state index in [4.69, 9.17) is 16.3 Å². The number of halogens is 2. The SMILES string of the molecule is Fc1ccc(C#CCCCl)c(OC2CCCCCC2)c1. The summed E-state index contributed by atoms with van der Waals surface area (Å²) < 4.78 is 19.4. The fraction of sp³-hybridized carbons (Fsp3) is 0.529. The molecule has 1 fully saturated rings. The van der Waals surface area contributed by atoms with Crippen molar-refractivity contribution >= 4 is 11.6 Å². The van der Waals surface area contributed by atoms with Crippen molar-refractivity contribution in [1.29, 1.82) is 0 Å². The second-order valence-electron chi connectivity index (χ2n) is 5.11. The fourth-order valence-corrected chi connectivity index (χ4v) is 2.54. The maximum Gasteiger partial charge on any atom is 0.138 e. The summed E-state index contributed by atoms with van der Waals surface area (Å²) in [6.45, 7) is 0. The highest BCUT2D eigenvalue weighted by atomic mass is 35.5. The van der Waals surface area contributed by atoms with Crippen molar-refractivity contribution in [2.45, 2.75) is 51.0 Å². The molecule has 0 amide bonds. The van der Waals surface area contributed by atoms with Gasteiger partial charge < -0.3 is 4.74 Å². The smallest absolute Gasteiger partial charge is 0.138 e. The van der Waals surface area contributed by atoms with Crippen LogP contribution < -0.4 is 4.74 Å². The molecule has 0 bridgehead atoms. The standard InChI is InChI=1S/C17H20ClFO/c18-12-6-5-7-14-10-11-15(19)13-17(14)20-16-8-3-1-2-4-9-16/h10-11,13,16H,1-4,6,8-9,12H2. The van der Waals surface area contributed by atoms with Crippen LogP contribution in [0.5, 0.6) is 5.75 Å². The Morgan fingerprint density at radius 2 is 1.95 bits per heavy atom. The number of alkyl halides is 1. The van der Waals surface area contributed by atoms with Gasteiger partial charge in [0.05, 0.1) is 11.7 Å². The van der Waals surface area contributed by atoms with Crippen LogP contribution in [-0.2, 0) is 0 Å². The largest absolute Gasteiger partial charge is 0.489 e. The van der Waals surface area contributed by atoms with Crippen LogP contribution in [0.3, 0.4) is 0 Å². The summed E-state index contributed by atoms with van der Waals surface area (Å²) in [5, 5.41) is 0. The Kier molecular flexibility index (Phi) is 6.21. The first kappa shape index (κ1) is 15.2. The van der Waals surface area contributed by atoms with Gasteiger partial charge >= 0.3 is 0 Å². The minimum Gasteiger partial charge on any atom is -0.489 e. The Hall–Kier alpha value is -1.20. The molecule has 0 N–H and O–H groups in total. The zero-order chi connectivity index (χ0) is 14.2. The number of benzene rings is 1. The Balaban J connectivity index is 2.12. The van der Waals surface area contributed by atoms with Gasteiger partial charge in [-0.2, -0.15) is 0 Å². The van der Waals surface area contributed by atoms with Gasteiger partial charge in [0.15, 0.2) is 0 Å². The summed E-state index contributed by atoms with van der Waals surface area (Å²) in [5.41, 5.74) is 0.751. The van der Waals surface area contributed by atoms with Crippen molar-refractivity contribution in [2.24, 2.45) is 0 Å². The lowest BCUT2D eigenvalue weighted by Crippen LogP contribution is -2.15. The van der Waals surface area contributed by atoms with Crippen molar-refractivity contribution in [3.05, 3.63) is 29.6 Å². The minimum absolute atomic E-state index is 0.188. The lowest BCUT2D eigenvalue weighted by atomic mass is 10.1. The average molecular weight is 295 g/mol. The van der Waals surface area contributed by atoms with Crippen molar-refractivity contribution < 1.29 is 9.13 Å². The average Bonchev–Trinajstić information content (AvgIpc) is 2.70. The summed E-state index contributed by atoms with van der Waals surface area (Å²) in [6.07, 6.45) is 7.82. The number of rotatable bonds is 3. The lowest BCUT2D eigenvalue weighted by molar-refractivity contribution is 0.182. The van der Waals surface area contributed by atoms with Gasteiger partial charge in [-0.3, -0.25) is 0 Å². The molecule has 0 aliphatic heterocycles. The van der Waals surface area contributed by atoms with Crippen molar-refractivity contribution in [2.75, 3.05) is 5.88 Å². The summed E-state index contributed by atoms with van der Waals surface area (Å²) in [5.74, 6) is 6.79. The van der Waals surface area contributed by atoms with Crippen molar-refractivity contribution in [3.63, 3.8) is 0 Å². The molecule has 1 nitrogen and oxygen atoms in total. The highest BCUT2D eigenvalue weighted by Gasteiger charge is 2.15. The fourth-order valence-electron chi connectivity index (χ4n) is 2.44. The molecule has 3 heteroatoms. The highest BCUT2D eigenvalue weighted by molar-refractivity contribution is 6.18. The van der Waals surface area contributed by atoms with Crippen molar-refractivity contribution in [3.8, 4) is 17.6 Å². The van der Waals surface area contributed by atoms with E-state index in [1.807, 2.05) is 0 Å². The van der Waals surface area contributed by atoms with Crippen LogP contribution in [-0.4, -0.2) is 12.0 Å². The monoisotopic (exact) mass is 294 g/mol. The van der Waals surface area contributed by atoms with E-state index in [-0.39, 0.29) is 11.9 Å². The Labute approximate surface area is 125 Å². The predicted octanol–water partition coefficient (Wildman–Crippen LogP) is 4.91. The van der Waals surface area contributed by atoms with Crippen LogP contribution in [0, 0.1) is 17.7 Å². The number of hydrogen-bond acceptors (Lipinski definition) is 1. The number of ether oxygens (including phenoxy) is 1. The Bertz CT molecular complexity index is 481. The molecule has 0 spiro atoms. The third kappa shape index (κ3) is 4.72. The molecule has 20 heavy (non-hydrogen) atoms. The molecule has 0 radical (unpaired) electrons. The van der Waals surface area contributed by atoms with Crippen molar-refractivity contribution in [1.82, 2.24) is 0 Å². The molecule has 1 aromatic rings. The van der Waals surface area contributed by atoms with E-state index in [1.54, 1.807) is 6.07 Å². The van der Waals surface area contributed by atoms with Crippen LogP contribution in [0.4, 0.5) is 4.39 Å². The van der Waals surface area contributed by atoms with E-state index in [1.165, 1.54) is 37.8 Å². The quantitative estimate of drug-likeness (QED) is 0.437. The van der Waals surface area contributed by atoms with E-state index >= 15 is 0 Å².